The molecule has 2 amide bonds. The second-order valence-electron chi connectivity index (χ2n) is 5.52. The summed E-state index contributed by atoms with van der Waals surface area (Å²) in [6, 6.07) is 11.2. The molecule has 0 aromatic heterocycles. The lowest BCUT2D eigenvalue weighted by atomic mass is 10.2. The van der Waals surface area contributed by atoms with Gasteiger partial charge in [0.15, 0.2) is 0 Å². The maximum atomic E-state index is 13.0. The van der Waals surface area contributed by atoms with Gasteiger partial charge in [0, 0.05) is 0 Å². The highest BCUT2D eigenvalue weighted by molar-refractivity contribution is 9.10. The zero-order valence-electron chi connectivity index (χ0n) is 13.9. The van der Waals surface area contributed by atoms with E-state index in [-0.39, 0.29) is 23.5 Å². The quantitative estimate of drug-likeness (QED) is 0.603. The maximum Gasteiger partial charge on any atom is 0.293 e. The second-order valence-corrected chi connectivity index (χ2v) is 7.36. The van der Waals surface area contributed by atoms with Crippen LogP contribution in [-0.4, -0.2) is 22.7 Å². The van der Waals surface area contributed by atoms with Crippen molar-refractivity contribution in [2.75, 3.05) is 6.61 Å². The van der Waals surface area contributed by atoms with Gasteiger partial charge in [-0.2, -0.15) is 0 Å². The van der Waals surface area contributed by atoms with Crippen molar-refractivity contribution in [3.63, 3.8) is 0 Å². The van der Waals surface area contributed by atoms with E-state index < -0.39 is 0 Å². The van der Waals surface area contributed by atoms with E-state index in [9.17, 15) is 14.0 Å². The molecule has 4 nitrogen and oxygen atoms in total. The molecular formula is C19H15BrFNO3S. The van der Waals surface area contributed by atoms with Gasteiger partial charge in [0.25, 0.3) is 11.1 Å². The van der Waals surface area contributed by atoms with Gasteiger partial charge in [-0.25, -0.2) is 4.39 Å². The molecule has 0 aliphatic carbocycles. The molecule has 1 saturated heterocycles. The molecule has 1 aliphatic rings. The number of imide groups is 1. The van der Waals surface area contributed by atoms with Crippen molar-refractivity contribution < 1.29 is 18.7 Å². The van der Waals surface area contributed by atoms with Crippen LogP contribution in [0.3, 0.4) is 0 Å². The van der Waals surface area contributed by atoms with E-state index >= 15 is 0 Å². The lowest BCUT2D eigenvalue weighted by Gasteiger charge is -2.12. The van der Waals surface area contributed by atoms with Gasteiger partial charge in [-0.3, -0.25) is 14.5 Å². The fraction of sp³-hybridized carbons (Fsp3) is 0.158. The molecule has 2 aromatic carbocycles. The van der Waals surface area contributed by atoms with Crippen LogP contribution in [0.5, 0.6) is 5.75 Å². The fourth-order valence-corrected chi connectivity index (χ4v) is 3.79. The molecule has 1 heterocycles. The molecule has 134 valence electrons. The Morgan fingerprint density at radius 1 is 1.19 bits per heavy atom. The summed E-state index contributed by atoms with van der Waals surface area (Å²) in [5.74, 6) is 0.00672. The summed E-state index contributed by atoms with van der Waals surface area (Å²) < 4.78 is 19.2. The molecule has 7 heteroatoms. The molecule has 3 rings (SSSR count). The molecule has 26 heavy (non-hydrogen) atoms. The molecule has 0 N–H and O–H groups in total. The van der Waals surface area contributed by atoms with Gasteiger partial charge in [-0.1, -0.05) is 18.2 Å². The summed E-state index contributed by atoms with van der Waals surface area (Å²) >= 11 is 4.33. The standard InChI is InChI=1S/C19H15BrFNO3S/c1-2-25-16-8-5-13(9-15(16)20)10-17-18(23)22(19(24)26-17)11-12-3-6-14(21)7-4-12/h3-10H,2,11H2,1H3/b17-10-. The summed E-state index contributed by atoms with van der Waals surface area (Å²) in [6.07, 6.45) is 1.68. The average molecular weight is 436 g/mol. The lowest BCUT2D eigenvalue weighted by molar-refractivity contribution is -0.123. The topological polar surface area (TPSA) is 46.6 Å². The van der Waals surface area contributed by atoms with Crippen LogP contribution in [0, 0.1) is 5.82 Å². The van der Waals surface area contributed by atoms with Gasteiger partial charge in [-0.15, -0.1) is 0 Å². The monoisotopic (exact) mass is 435 g/mol. The molecule has 1 fully saturated rings. The summed E-state index contributed by atoms with van der Waals surface area (Å²) in [4.78, 5) is 26.3. The van der Waals surface area contributed by atoms with Gasteiger partial charge in [0.2, 0.25) is 0 Å². The van der Waals surface area contributed by atoms with E-state index in [1.165, 1.54) is 12.1 Å². The van der Waals surface area contributed by atoms with Crippen molar-refractivity contribution in [3.8, 4) is 5.75 Å². The Morgan fingerprint density at radius 2 is 1.92 bits per heavy atom. The summed E-state index contributed by atoms with van der Waals surface area (Å²) in [7, 11) is 0. The smallest absolute Gasteiger partial charge is 0.293 e. The minimum Gasteiger partial charge on any atom is -0.493 e. The van der Waals surface area contributed by atoms with Crippen LogP contribution >= 0.6 is 27.7 Å². The molecule has 0 radical (unpaired) electrons. The maximum absolute atomic E-state index is 13.0. The summed E-state index contributed by atoms with van der Waals surface area (Å²) in [5.41, 5.74) is 1.48. The number of nitrogens with zero attached hydrogens (tertiary/aromatic N) is 1. The SMILES string of the molecule is CCOc1ccc(/C=C2\SC(=O)N(Cc3ccc(F)cc3)C2=O)cc1Br. The number of ether oxygens (including phenoxy) is 1. The van der Waals surface area contributed by atoms with Crippen molar-refractivity contribution in [3.05, 3.63) is 68.8 Å². The molecule has 1 aliphatic heterocycles. The van der Waals surface area contributed by atoms with Crippen LogP contribution in [-0.2, 0) is 11.3 Å². The van der Waals surface area contributed by atoms with E-state index in [2.05, 4.69) is 15.9 Å². The van der Waals surface area contributed by atoms with Crippen LogP contribution in [0.1, 0.15) is 18.1 Å². The van der Waals surface area contributed by atoms with Crippen LogP contribution < -0.4 is 4.74 Å². The summed E-state index contributed by atoms with van der Waals surface area (Å²) in [6.45, 7) is 2.58. The molecule has 0 saturated carbocycles. The first-order chi connectivity index (χ1) is 12.5. The number of halogens is 2. The number of carbonyl (C=O) groups excluding carboxylic acids is 2. The van der Waals surface area contributed by atoms with Gasteiger partial charge < -0.3 is 4.74 Å². The highest BCUT2D eigenvalue weighted by Gasteiger charge is 2.34. The summed E-state index contributed by atoms with van der Waals surface area (Å²) in [5, 5.41) is -0.337. The van der Waals surface area contributed by atoms with Crippen LogP contribution in [0.4, 0.5) is 9.18 Å². The predicted molar refractivity (Wildman–Crippen MR) is 103 cm³/mol. The Kier molecular flexibility index (Phi) is 5.78. The second kappa shape index (κ2) is 8.05. The molecular weight excluding hydrogens is 421 g/mol. The Balaban J connectivity index is 1.78. The van der Waals surface area contributed by atoms with Crippen LogP contribution in [0.15, 0.2) is 51.8 Å². The van der Waals surface area contributed by atoms with Gasteiger partial charge in [0.1, 0.15) is 11.6 Å². The molecule has 0 unspecified atom stereocenters. The molecule has 0 bridgehead atoms. The highest BCUT2D eigenvalue weighted by Crippen LogP contribution is 2.34. The average Bonchev–Trinajstić information content (AvgIpc) is 2.87. The number of thioether (sulfide) groups is 1. The first-order valence-electron chi connectivity index (χ1n) is 7.90. The van der Waals surface area contributed by atoms with E-state index in [4.69, 9.17) is 4.74 Å². The number of amides is 2. The Bertz CT molecular complexity index is 883. The Labute approximate surface area is 163 Å². The molecule has 2 aromatic rings. The number of hydrogen-bond acceptors (Lipinski definition) is 4. The van der Waals surface area contributed by atoms with Gasteiger partial charge in [-0.05, 0) is 76.1 Å². The first kappa shape index (κ1) is 18.7. The highest BCUT2D eigenvalue weighted by atomic mass is 79.9. The van der Waals surface area contributed by atoms with Crippen molar-refractivity contribution in [1.82, 2.24) is 4.90 Å². The van der Waals surface area contributed by atoms with E-state index in [0.717, 1.165) is 26.7 Å². The van der Waals surface area contributed by atoms with Crippen molar-refractivity contribution in [2.45, 2.75) is 13.5 Å². The Hall–Kier alpha value is -2.12. The predicted octanol–water partition coefficient (Wildman–Crippen LogP) is 5.22. The zero-order chi connectivity index (χ0) is 18.7. The molecule has 0 atom stereocenters. The third-order valence-corrected chi connectivity index (χ3v) is 5.21. The van der Waals surface area contributed by atoms with Crippen molar-refractivity contribution in [2.24, 2.45) is 0 Å². The molecule has 0 spiro atoms. The van der Waals surface area contributed by atoms with Crippen molar-refractivity contribution in [1.29, 1.82) is 0 Å². The van der Waals surface area contributed by atoms with Crippen LogP contribution in [0.25, 0.3) is 6.08 Å². The van der Waals surface area contributed by atoms with Crippen LogP contribution in [0.2, 0.25) is 0 Å². The Morgan fingerprint density at radius 3 is 2.58 bits per heavy atom. The zero-order valence-corrected chi connectivity index (χ0v) is 16.3. The van der Waals surface area contributed by atoms with E-state index in [1.807, 2.05) is 25.1 Å². The third kappa shape index (κ3) is 4.16. The largest absolute Gasteiger partial charge is 0.493 e. The number of carbonyl (C=O) groups is 2. The van der Waals surface area contributed by atoms with Crippen molar-refractivity contribution >= 4 is 44.9 Å². The van der Waals surface area contributed by atoms with Gasteiger partial charge in [0.05, 0.1) is 22.5 Å². The fourth-order valence-electron chi connectivity index (χ4n) is 2.44. The number of rotatable bonds is 5. The number of hydrogen-bond donors (Lipinski definition) is 0. The van der Waals surface area contributed by atoms with E-state index in [1.54, 1.807) is 18.2 Å². The first-order valence-corrected chi connectivity index (χ1v) is 9.51. The normalized spacial score (nSPS) is 15.8. The minimum atomic E-state index is -0.358. The van der Waals surface area contributed by atoms with Gasteiger partial charge >= 0.3 is 0 Å². The van der Waals surface area contributed by atoms with E-state index in [0.29, 0.717) is 22.8 Å². The lowest BCUT2D eigenvalue weighted by Crippen LogP contribution is -2.27. The minimum absolute atomic E-state index is 0.120. The third-order valence-electron chi connectivity index (χ3n) is 3.68. The number of benzene rings is 2.